The summed E-state index contributed by atoms with van der Waals surface area (Å²) in [6, 6.07) is 16.3. The van der Waals surface area contributed by atoms with Crippen LogP contribution in [0.3, 0.4) is 0 Å². The number of likely N-dealkylation sites (tertiary alicyclic amines) is 1. The van der Waals surface area contributed by atoms with Crippen LogP contribution in [-0.2, 0) is 9.47 Å². The second-order valence-electron chi connectivity index (χ2n) is 6.93. The molecule has 0 aliphatic carbocycles. The maximum absolute atomic E-state index is 12.6. The van der Waals surface area contributed by atoms with Crippen LogP contribution >= 0.6 is 0 Å². The number of carbonyl (C=O) groups excluding carboxylic acids is 1. The van der Waals surface area contributed by atoms with Crippen LogP contribution in [0.1, 0.15) is 18.4 Å². The molecule has 5 nitrogen and oxygen atoms in total. The summed E-state index contributed by atoms with van der Waals surface area (Å²) in [5, 5.41) is 3.03. The fraction of sp³-hybridized carbons (Fsp3) is 0.409. The predicted octanol–water partition coefficient (Wildman–Crippen LogP) is 4.32. The average Bonchev–Trinajstić information content (AvgIpc) is 2.69. The molecule has 2 aromatic rings. The lowest BCUT2D eigenvalue weighted by atomic mass is 10.0. The number of benzene rings is 2. The van der Waals surface area contributed by atoms with Crippen molar-refractivity contribution in [2.45, 2.75) is 25.9 Å². The Morgan fingerprint density at radius 3 is 2.48 bits per heavy atom. The number of aryl methyl sites for hydroxylation is 1. The standard InChI is InChI=1S/C22H28N2O3/c1-17-5-3-6-18(15-17)19-7-4-8-20(16-19)23-22(25)24-11-9-21(10-12-24)27-14-13-26-2/h3-8,15-16,21H,9-14H2,1-2H3,(H,23,25). The Morgan fingerprint density at radius 2 is 1.78 bits per heavy atom. The summed E-state index contributed by atoms with van der Waals surface area (Å²) in [5.41, 5.74) is 4.29. The lowest BCUT2D eigenvalue weighted by molar-refractivity contribution is -0.00851. The van der Waals surface area contributed by atoms with Crippen LogP contribution in [0.2, 0.25) is 0 Å². The minimum atomic E-state index is -0.0493. The van der Waals surface area contributed by atoms with Gasteiger partial charge in [0.15, 0.2) is 0 Å². The topological polar surface area (TPSA) is 50.8 Å². The molecule has 2 aromatic carbocycles. The summed E-state index contributed by atoms with van der Waals surface area (Å²) >= 11 is 0. The first-order valence-corrected chi connectivity index (χ1v) is 9.49. The van der Waals surface area contributed by atoms with Gasteiger partial charge in [0.25, 0.3) is 0 Å². The van der Waals surface area contributed by atoms with E-state index in [2.05, 4.69) is 42.6 Å². The number of ether oxygens (including phenoxy) is 2. The Balaban J connectivity index is 1.55. The number of anilines is 1. The molecule has 2 amide bonds. The van der Waals surface area contributed by atoms with Gasteiger partial charge in [0.05, 0.1) is 19.3 Å². The van der Waals surface area contributed by atoms with Gasteiger partial charge in [-0.3, -0.25) is 0 Å². The van der Waals surface area contributed by atoms with E-state index in [-0.39, 0.29) is 12.1 Å². The van der Waals surface area contributed by atoms with Crippen molar-refractivity contribution in [2.75, 3.05) is 38.7 Å². The molecule has 1 fully saturated rings. The first kappa shape index (κ1) is 19.4. The van der Waals surface area contributed by atoms with Crippen molar-refractivity contribution in [1.29, 1.82) is 0 Å². The van der Waals surface area contributed by atoms with Crippen LogP contribution in [0.4, 0.5) is 10.5 Å². The van der Waals surface area contributed by atoms with Gasteiger partial charge < -0.3 is 19.7 Å². The molecule has 27 heavy (non-hydrogen) atoms. The van der Waals surface area contributed by atoms with Crippen LogP contribution in [0.25, 0.3) is 11.1 Å². The predicted molar refractivity (Wildman–Crippen MR) is 108 cm³/mol. The summed E-state index contributed by atoms with van der Waals surface area (Å²) in [5.74, 6) is 0. The highest BCUT2D eigenvalue weighted by molar-refractivity contribution is 5.90. The lowest BCUT2D eigenvalue weighted by Crippen LogP contribution is -2.43. The second-order valence-corrected chi connectivity index (χ2v) is 6.93. The maximum Gasteiger partial charge on any atom is 0.321 e. The number of carbonyl (C=O) groups is 1. The van der Waals surface area contributed by atoms with Crippen molar-refractivity contribution in [2.24, 2.45) is 0 Å². The van der Waals surface area contributed by atoms with Gasteiger partial charge in [0, 0.05) is 25.9 Å². The monoisotopic (exact) mass is 368 g/mol. The number of methoxy groups -OCH3 is 1. The molecule has 0 aromatic heterocycles. The Labute approximate surface area is 161 Å². The molecule has 0 unspecified atom stereocenters. The molecule has 0 radical (unpaired) electrons. The van der Waals surface area contributed by atoms with E-state index in [1.54, 1.807) is 7.11 Å². The van der Waals surface area contributed by atoms with Crippen LogP contribution in [-0.4, -0.2) is 50.4 Å². The molecule has 0 atom stereocenters. The van der Waals surface area contributed by atoms with Gasteiger partial charge in [-0.05, 0) is 43.0 Å². The number of hydrogen-bond acceptors (Lipinski definition) is 3. The molecule has 1 aliphatic heterocycles. The van der Waals surface area contributed by atoms with E-state index in [1.807, 2.05) is 23.1 Å². The van der Waals surface area contributed by atoms with Gasteiger partial charge in [-0.15, -0.1) is 0 Å². The van der Waals surface area contributed by atoms with Gasteiger partial charge in [-0.1, -0.05) is 42.0 Å². The van der Waals surface area contributed by atoms with E-state index in [1.165, 1.54) is 5.56 Å². The van der Waals surface area contributed by atoms with Gasteiger partial charge in [0.1, 0.15) is 0 Å². The molecule has 1 saturated heterocycles. The van der Waals surface area contributed by atoms with E-state index in [9.17, 15) is 4.79 Å². The van der Waals surface area contributed by atoms with Crippen molar-refractivity contribution in [1.82, 2.24) is 4.90 Å². The van der Waals surface area contributed by atoms with Gasteiger partial charge in [0.2, 0.25) is 0 Å². The van der Waals surface area contributed by atoms with E-state index in [0.717, 1.165) is 29.7 Å². The lowest BCUT2D eigenvalue weighted by Gasteiger charge is -2.32. The van der Waals surface area contributed by atoms with Crippen molar-refractivity contribution in [3.05, 3.63) is 54.1 Å². The molecular formula is C22H28N2O3. The largest absolute Gasteiger partial charge is 0.382 e. The van der Waals surface area contributed by atoms with Gasteiger partial charge in [-0.25, -0.2) is 4.79 Å². The quantitative estimate of drug-likeness (QED) is 0.773. The molecular weight excluding hydrogens is 340 g/mol. The molecule has 1 heterocycles. The molecule has 5 heteroatoms. The minimum absolute atomic E-state index is 0.0493. The number of rotatable bonds is 6. The van der Waals surface area contributed by atoms with Gasteiger partial charge in [-0.2, -0.15) is 0 Å². The third-order valence-corrected chi connectivity index (χ3v) is 4.84. The van der Waals surface area contributed by atoms with Crippen LogP contribution in [0.5, 0.6) is 0 Å². The first-order chi connectivity index (χ1) is 13.2. The summed E-state index contributed by atoms with van der Waals surface area (Å²) in [7, 11) is 1.67. The zero-order chi connectivity index (χ0) is 19.1. The zero-order valence-electron chi connectivity index (χ0n) is 16.1. The Bertz CT molecular complexity index is 755. The van der Waals surface area contributed by atoms with Crippen molar-refractivity contribution < 1.29 is 14.3 Å². The summed E-state index contributed by atoms with van der Waals surface area (Å²) in [4.78, 5) is 14.4. The summed E-state index contributed by atoms with van der Waals surface area (Å²) in [6.07, 6.45) is 1.94. The third-order valence-electron chi connectivity index (χ3n) is 4.84. The van der Waals surface area contributed by atoms with E-state index >= 15 is 0 Å². The SMILES string of the molecule is COCCOC1CCN(C(=O)Nc2cccc(-c3cccc(C)c3)c2)CC1. The molecule has 1 N–H and O–H groups in total. The summed E-state index contributed by atoms with van der Waals surface area (Å²) < 4.78 is 10.8. The molecule has 0 spiro atoms. The highest BCUT2D eigenvalue weighted by Gasteiger charge is 2.23. The van der Waals surface area contributed by atoms with Crippen LogP contribution < -0.4 is 5.32 Å². The number of hydrogen-bond donors (Lipinski definition) is 1. The van der Waals surface area contributed by atoms with Crippen LogP contribution in [0, 0.1) is 6.92 Å². The van der Waals surface area contributed by atoms with E-state index in [0.29, 0.717) is 26.3 Å². The Kier molecular flexibility index (Phi) is 6.85. The normalized spacial score (nSPS) is 15.0. The Hall–Kier alpha value is -2.37. The van der Waals surface area contributed by atoms with Crippen molar-refractivity contribution >= 4 is 11.7 Å². The molecule has 0 bridgehead atoms. The zero-order valence-corrected chi connectivity index (χ0v) is 16.1. The number of urea groups is 1. The number of nitrogens with zero attached hydrogens (tertiary/aromatic N) is 1. The summed E-state index contributed by atoms with van der Waals surface area (Å²) in [6.45, 7) is 4.72. The third kappa shape index (κ3) is 5.55. The van der Waals surface area contributed by atoms with Crippen molar-refractivity contribution in [3.63, 3.8) is 0 Å². The Morgan fingerprint density at radius 1 is 1.07 bits per heavy atom. The fourth-order valence-corrected chi connectivity index (χ4v) is 3.33. The maximum atomic E-state index is 12.6. The molecule has 1 aliphatic rings. The number of piperidine rings is 1. The van der Waals surface area contributed by atoms with Crippen LogP contribution in [0.15, 0.2) is 48.5 Å². The van der Waals surface area contributed by atoms with E-state index in [4.69, 9.17) is 9.47 Å². The minimum Gasteiger partial charge on any atom is -0.382 e. The fourth-order valence-electron chi connectivity index (χ4n) is 3.33. The highest BCUT2D eigenvalue weighted by Crippen LogP contribution is 2.24. The first-order valence-electron chi connectivity index (χ1n) is 9.49. The highest BCUT2D eigenvalue weighted by atomic mass is 16.5. The number of amides is 2. The van der Waals surface area contributed by atoms with Gasteiger partial charge >= 0.3 is 6.03 Å². The second kappa shape index (κ2) is 9.53. The number of nitrogens with one attached hydrogen (secondary N) is 1. The van der Waals surface area contributed by atoms with Crippen molar-refractivity contribution in [3.8, 4) is 11.1 Å². The molecule has 3 rings (SSSR count). The smallest absolute Gasteiger partial charge is 0.321 e. The molecule has 144 valence electrons. The van der Waals surface area contributed by atoms with E-state index < -0.39 is 0 Å². The average molecular weight is 368 g/mol. The molecule has 0 saturated carbocycles.